The number of urea groups is 1. The summed E-state index contributed by atoms with van der Waals surface area (Å²) in [6.45, 7) is 0.532. The molecule has 0 radical (unpaired) electrons. The van der Waals surface area contributed by atoms with Crippen molar-refractivity contribution in [2.24, 2.45) is 0 Å². The zero-order valence-corrected chi connectivity index (χ0v) is 16.4. The van der Waals surface area contributed by atoms with Gasteiger partial charge in [0.25, 0.3) is 0 Å². The van der Waals surface area contributed by atoms with Crippen LogP contribution in [-0.4, -0.2) is 63.4 Å². The number of aromatic nitrogens is 4. The fraction of sp³-hybridized carbons (Fsp3) is 0.368. The van der Waals surface area contributed by atoms with Crippen molar-refractivity contribution in [2.45, 2.75) is 24.8 Å². The van der Waals surface area contributed by atoms with Crippen molar-refractivity contribution >= 4 is 28.6 Å². The second-order valence-electron chi connectivity index (χ2n) is 7.29. The highest BCUT2D eigenvalue weighted by Crippen LogP contribution is 2.30. The van der Waals surface area contributed by atoms with Gasteiger partial charge in [0.2, 0.25) is 0 Å². The van der Waals surface area contributed by atoms with Gasteiger partial charge in [-0.2, -0.15) is 18.3 Å². The van der Waals surface area contributed by atoms with Gasteiger partial charge >= 0.3 is 12.2 Å². The Morgan fingerprint density at radius 2 is 2.10 bits per heavy atom. The first-order valence-electron chi connectivity index (χ1n) is 9.47. The molecule has 3 aromatic rings. The minimum atomic E-state index is -4.56. The van der Waals surface area contributed by atoms with E-state index in [2.05, 4.69) is 25.5 Å². The van der Waals surface area contributed by atoms with Crippen LogP contribution in [0.1, 0.15) is 12.0 Å². The van der Waals surface area contributed by atoms with Crippen LogP contribution in [0.2, 0.25) is 0 Å². The molecule has 1 saturated heterocycles. The SMILES string of the molecule is CN(C(=O)Nc1cc(C(F)(F)F)ccn1)[C@@H]1CCN(c2cnc3[nH]ncc3c2)C[C@H]1F. The van der Waals surface area contributed by atoms with Gasteiger partial charge < -0.3 is 9.80 Å². The van der Waals surface area contributed by atoms with Gasteiger partial charge in [0.1, 0.15) is 12.0 Å². The van der Waals surface area contributed by atoms with E-state index in [-0.39, 0.29) is 12.4 Å². The highest BCUT2D eigenvalue weighted by Gasteiger charge is 2.35. The topological polar surface area (TPSA) is 90.0 Å². The Labute approximate surface area is 174 Å². The highest BCUT2D eigenvalue weighted by molar-refractivity contribution is 5.88. The Bertz CT molecular complexity index is 1090. The third kappa shape index (κ3) is 4.37. The number of rotatable bonds is 3. The average Bonchev–Trinajstić information content (AvgIpc) is 3.20. The summed E-state index contributed by atoms with van der Waals surface area (Å²) in [5, 5.41) is 9.78. The van der Waals surface area contributed by atoms with Gasteiger partial charge in [-0.25, -0.2) is 19.2 Å². The predicted octanol–water partition coefficient (Wildman–Crippen LogP) is 3.45. The monoisotopic (exact) mass is 437 g/mol. The number of nitrogens with one attached hydrogen (secondary N) is 2. The standard InChI is InChI=1S/C19H19F4N7O/c1-29(18(31)27-16-7-12(2-4-24-16)19(21,22)23)15-3-5-30(10-14(15)20)13-6-11-8-26-28-17(11)25-9-13/h2,4,6-9,14-15H,3,5,10H2,1H3,(H,24,27,31)(H,25,26,28)/t14-,15-/m1/s1. The average molecular weight is 437 g/mol. The van der Waals surface area contributed by atoms with Crippen LogP contribution in [0.3, 0.4) is 0 Å². The van der Waals surface area contributed by atoms with Crippen molar-refractivity contribution in [2.75, 3.05) is 30.4 Å². The number of hydrogen-bond donors (Lipinski definition) is 2. The molecule has 2 amide bonds. The normalized spacial score (nSPS) is 19.5. The number of nitrogens with zero attached hydrogens (tertiary/aromatic N) is 5. The number of carbonyl (C=O) groups is 1. The lowest BCUT2D eigenvalue weighted by Crippen LogP contribution is -2.54. The number of piperidine rings is 1. The quantitative estimate of drug-likeness (QED) is 0.613. The fourth-order valence-corrected chi connectivity index (χ4v) is 3.58. The molecule has 0 saturated carbocycles. The number of anilines is 2. The second-order valence-corrected chi connectivity index (χ2v) is 7.29. The van der Waals surface area contributed by atoms with E-state index >= 15 is 0 Å². The van der Waals surface area contributed by atoms with E-state index < -0.39 is 30.0 Å². The van der Waals surface area contributed by atoms with E-state index in [4.69, 9.17) is 0 Å². The maximum absolute atomic E-state index is 14.9. The summed E-state index contributed by atoms with van der Waals surface area (Å²) >= 11 is 0. The molecule has 2 N–H and O–H groups in total. The van der Waals surface area contributed by atoms with Gasteiger partial charge in [-0.05, 0) is 24.6 Å². The molecule has 3 aromatic heterocycles. The maximum atomic E-state index is 14.9. The van der Waals surface area contributed by atoms with E-state index in [1.165, 1.54) is 11.9 Å². The van der Waals surface area contributed by atoms with Crippen molar-refractivity contribution in [3.8, 4) is 0 Å². The van der Waals surface area contributed by atoms with Crippen LogP contribution in [0.25, 0.3) is 11.0 Å². The molecular formula is C19H19F4N7O. The summed E-state index contributed by atoms with van der Waals surface area (Å²) in [4.78, 5) is 23.5. The molecule has 0 bridgehead atoms. The van der Waals surface area contributed by atoms with Crippen molar-refractivity contribution < 1.29 is 22.4 Å². The number of halogens is 4. The molecule has 4 heterocycles. The van der Waals surface area contributed by atoms with Gasteiger partial charge in [-0.15, -0.1) is 0 Å². The fourth-order valence-electron chi connectivity index (χ4n) is 3.58. The predicted molar refractivity (Wildman–Crippen MR) is 105 cm³/mol. The largest absolute Gasteiger partial charge is 0.416 e. The summed E-state index contributed by atoms with van der Waals surface area (Å²) in [6, 6.07) is 1.94. The summed E-state index contributed by atoms with van der Waals surface area (Å²) < 4.78 is 53.4. The van der Waals surface area contributed by atoms with E-state index in [0.717, 1.165) is 29.4 Å². The number of amides is 2. The van der Waals surface area contributed by atoms with E-state index in [9.17, 15) is 22.4 Å². The first-order chi connectivity index (χ1) is 14.7. The second kappa shape index (κ2) is 8.00. The lowest BCUT2D eigenvalue weighted by molar-refractivity contribution is -0.137. The number of H-pyrrole nitrogens is 1. The summed E-state index contributed by atoms with van der Waals surface area (Å²) in [5.41, 5.74) is 0.450. The van der Waals surface area contributed by atoms with Crippen LogP contribution < -0.4 is 10.2 Å². The lowest BCUT2D eigenvalue weighted by Gasteiger charge is -2.39. The van der Waals surface area contributed by atoms with E-state index in [1.807, 2.05) is 11.0 Å². The van der Waals surface area contributed by atoms with Crippen molar-refractivity contribution in [3.05, 3.63) is 42.4 Å². The number of hydrogen-bond acceptors (Lipinski definition) is 5. The Morgan fingerprint density at radius 3 is 2.84 bits per heavy atom. The molecule has 164 valence electrons. The van der Waals surface area contributed by atoms with Crippen molar-refractivity contribution in [1.29, 1.82) is 0 Å². The third-order valence-electron chi connectivity index (χ3n) is 5.29. The third-order valence-corrected chi connectivity index (χ3v) is 5.29. The molecule has 1 fully saturated rings. The first kappa shape index (κ1) is 20.8. The number of carbonyl (C=O) groups excluding carboxylic acids is 1. The lowest BCUT2D eigenvalue weighted by atomic mass is 10.0. The molecule has 0 aromatic carbocycles. The van der Waals surface area contributed by atoms with Crippen LogP contribution >= 0.6 is 0 Å². The summed E-state index contributed by atoms with van der Waals surface area (Å²) in [7, 11) is 1.41. The smallest absolute Gasteiger partial charge is 0.367 e. The Kier molecular flexibility index (Phi) is 5.38. The molecule has 0 unspecified atom stereocenters. The van der Waals surface area contributed by atoms with Gasteiger partial charge in [0.05, 0.1) is 36.2 Å². The molecule has 12 heteroatoms. The molecule has 31 heavy (non-hydrogen) atoms. The van der Waals surface area contributed by atoms with Crippen LogP contribution in [-0.2, 0) is 6.18 Å². The van der Waals surface area contributed by atoms with Crippen LogP contribution in [0, 0.1) is 0 Å². The molecule has 2 atom stereocenters. The van der Waals surface area contributed by atoms with Gasteiger partial charge in [0.15, 0.2) is 5.65 Å². The minimum Gasteiger partial charge on any atom is -0.367 e. The van der Waals surface area contributed by atoms with Crippen molar-refractivity contribution in [3.63, 3.8) is 0 Å². The van der Waals surface area contributed by atoms with Crippen molar-refractivity contribution in [1.82, 2.24) is 25.1 Å². The molecule has 4 rings (SSSR count). The van der Waals surface area contributed by atoms with Crippen LogP contribution in [0.4, 0.5) is 33.9 Å². The minimum absolute atomic E-state index is 0.0507. The zero-order chi connectivity index (χ0) is 22.2. The Hall–Kier alpha value is -3.44. The Balaban J connectivity index is 1.40. The number of alkyl halides is 4. The number of fused-ring (bicyclic) bond motifs is 1. The van der Waals surface area contributed by atoms with Crippen LogP contribution in [0.15, 0.2) is 36.8 Å². The summed E-state index contributed by atoms with van der Waals surface area (Å²) in [6.07, 6.45) is -1.36. The molecule has 8 nitrogen and oxygen atoms in total. The zero-order valence-electron chi connectivity index (χ0n) is 16.4. The number of aromatic amines is 1. The van der Waals surface area contributed by atoms with Gasteiger partial charge in [-0.3, -0.25) is 10.4 Å². The van der Waals surface area contributed by atoms with E-state index in [0.29, 0.717) is 18.6 Å². The summed E-state index contributed by atoms with van der Waals surface area (Å²) in [5.74, 6) is -0.251. The van der Waals surface area contributed by atoms with E-state index in [1.54, 1.807) is 12.4 Å². The molecule has 0 spiro atoms. The first-order valence-corrected chi connectivity index (χ1v) is 9.47. The van der Waals surface area contributed by atoms with Gasteiger partial charge in [0, 0.05) is 25.2 Å². The molecule has 0 aliphatic carbocycles. The molecule has 1 aliphatic heterocycles. The molecule has 1 aliphatic rings. The highest BCUT2D eigenvalue weighted by atomic mass is 19.4. The Morgan fingerprint density at radius 1 is 1.29 bits per heavy atom. The van der Waals surface area contributed by atoms with Gasteiger partial charge in [-0.1, -0.05) is 0 Å². The van der Waals surface area contributed by atoms with Crippen LogP contribution in [0.5, 0.6) is 0 Å². The number of pyridine rings is 2. The maximum Gasteiger partial charge on any atom is 0.416 e. The molecular weight excluding hydrogens is 418 g/mol.